The highest BCUT2D eigenvalue weighted by Gasteiger charge is 2.33. The van der Waals surface area contributed by atoms with Crippen LogP contribution in [0.25, 0.3) is 0 Å². The highest BCUT2D eigenvalue weighted by Crippen LogP contribution is 2.19. The van der Waals surface area contributed by atoms with E-state index in [0.717, 1.165) is 4.90 Å². The number of amides is 2. The average Bonchev–Trinajstić information content (AvgIpc) is 2.17. The van der Waals surface area contributed by atoms with Crippen LogP contribution in [-0.4, -0.2) is 30.8 Å². The number of hydrogen-bond donors (Lipinski definition) is 1. The van der Waals surface area contributed by atoms with Crippen molar-refractivity contribution in [3.63, 3.8) is 0 Å². The van der Waals surface area contributed by atoms with Crippen molar-refractivity contribution >= 4 is 23.4 Å². The predicted molar refractivity (Wildman–Crippen MR) is 39.7 cm³/mol. The second-order valence-electron chi connectivity index (χ2n) is 2.11. The van der Waals surface area contributed by atoms with E-state index in [1.54, 1.807) is 7.05 Å². The van der Waals surface area contributed by atoms with Gasteiger partial charge in [0.25, 0.3) is 11.8 Å². The first-order valence-electron chi connectivity index (χ1n) is 2.99. The zero-order valence-corrected chi connectivity index (χ0v) is 6.90. The monoisotopic (exact) mass is 174 g/mol. The molecule has 60 valence electrons. The Bertz CT molecular complexity index is 259. The van der Waals surface area contributed by atoms with E-state index < -0.39 is 5.91 Å². The Morgan fingerprint density at radius 3 is 2.09 bits per heavy atom. The Hall–Kier alpha value is -1.03. The van der Waals surface area contributed by atoms with Gasteiger partial charge in [-0.2, -0.15) is 0 Å². The lowest BCUT2D eigenvalue weighted by Gasteiger charge is -2.04. The molecule has 0 spiro atoms. The maximum Gasteiger partial charge on any atom is 0.278 e. The highest BCUT2D eigenvalue weighted by molar-refractivity contribution is 6.47. The number of carbonyl (C=O) groups excluding carboxylic acids is 2. The van der Waals surface area contributed by atoms with Crippen LogP contribution in [0.3, 0.4) is 0 Å². The molecule has 0 aromatic heterocycles. The third kappa shape index (κ3) is 0.991. The van der Waals surface area contributed by atoms with Crippen LogP contribution in [0.4, 0.5) is 0 Å². The van der Waals surface area contributed by atoms with Gasteiger partial charge in [-0.05, 0) is 0 Å². The number of rotatable bonds is 1. The number of halogens is 1. The van der Waals surface area contributed by atoms with Crippen LogP contribution < -0.4 is 5.32 Å². The third-order valence-corrected chi connectivity index (χ3v) is 1.83. The standard InChI is InChI=1S/C6H7ClN2O2/c1-8-4-3(7)5(10)9(2)6(4)11/h8H,1-2H3. The first kappa shape index (κ1) is 8.07. The van der Waals surface area contributed by atoms with Crippen molar-refractivity contribution in [2.45, 2.75) is 0 Å². The number of nitrogens with zero attached hydrogens (tertiary/aromatic N) is 1. The van der Waals surface area contributed by atoms with Gasteiger partial charge < -0.3 is 5.32 Å². The number of nitrogens with one attached hydrogen (secondary N) is 1. The van der Waals surface area contributed by atoms with Crippen LogP contribution in [-0.2, 0) is 9.59 Å². The van der Waals surface area contributed by atoms with Gasteiger partial charge in [0.2, 0.25) is 0 Å². The second kappa shape index (κ2) is 2.54. The van der Waals surface area contributed by atoms with Crippen molar-refractivity contribution < 1.29 is 9.59 Å². The molecule has 0 unspecified atom stereocenters. The molecule has 0 aromatic carbocycles. The summed E-state index contributed by atoms with van der Waals surface area (Å²) >= 11 is 5.52. The third-order valence-electron chi connectivity index (χ3n) is 1.48. The van der Waals surface area contributed by atoms with E-state index in [1.165, 1.54) is 7.05 Å². The maximum absolute atomic E-state index is 11.1. The van der Waals surface area contributed by atoms with Crippen molar-refractivity contribution in [2.75, 3.05) is 14.1 Å². The molecule has 0 radical (unpaired) electrons. The zero-order chi connectivity index (χ0) is 8.59. The summed E-state index contributed by atoms with van der Waals surface area (Å²) in [7, 11) is 2.93. The van der Waals surface area contributed by atoms with E-state index in [9.17, 15) is 9.59 Å². The van der Waals surface area contributed by atoms with Crippen LogP contribution in [0, 0.1) is 0 Å². The van der Waals surface area contributed by atoms with Gasteiger partial charge in [-0.3, -0.25) is 14.5 Å². The van der Waals surface area contributed by atoms with Crippen molar-refractivity contribution in [3.8, 4) is 0 Å². The number of likely N-dealkylation sites (N-methyl/N-ethyl adjacent to an activating group) is 2. The molecule has 1 N–H and O–H groups in total. The molecule has 0 bridgehead atoms. The van der Waals surface area contributed by atoms with Gasteiger partial charge in [0.05, 0.1) is 0 Å². The van der Waals surface area contributed by atoms with Gasteiger partial charge in [0.1, 0.15) is 10.7 Å². The van der Waals surface area contributed by atoms with Gasteiger partial charge in [-0.25, -0.2) is 0 Å². The summed E-state index contributed by atoms with van der Waals surface area (Å²) in [5.74, 6) is -0.844. The summed E-state index contributed by atoms with van der Waals surface area (Å²) < 4.78 is 0. The summed E-state index contributed by atoms with van der Waals surface area (Å²) in [6.07, 6.45) is 0. The molecule has 5 heteroatoms. The number of imide groups is 1. The normalized spacial score (nSPS) is 18.3. The molecule has 4 nitrogen and oxygen atoms in total. The van der Waals surface area contributed by atoms with Crippen LogP contribution >= 0.6 is 11.6 Å². The van der Waals surface area contributed by atoms with Gasteiger partial charge >= 0.3 is 0 Å². The summed E-state index contributed by atoms with van der Waals surface area (Å²) in [4.78, 5) is 23.0. The Balaban J connectivity index is 3.08. The van der Waals surface area contributed by atoms with E-state index in [4.69, 9.17) is 11.6 Å². The summed E-state index contributed by atoms with van der Waals surface area (Å²) in [5.41, 5.74) is 0.166. The molecule has 1 aliphatic heterocycles. The largest absolute Gasteiger partial charge is 0.382 e. The van der Waals surface area contributed by atoms with Gasteiger partial charge in [0.15, 0.2) is 0 Å². The topological polar surface area (TPSA) is 49.4 Å². The van der Waals surface area contributed by atoms with E-state index in [0.29, 0.717) is 0 Å². The first-order valence-corrected chi connectivity index (χ1v) is 3.37. The molecule has 0 atom stereocenters. The molecule has 11 heavy (non-hydrogen) atoms. The van der Waals surface area contributed by atoms with Gasteiger partial charge in [-0.15, -0.1) is 0 Å². The summed E-state index contributed by atoms with van der Waals surface area (Å²) in [5, 5.41) is 2.52. The fourth-order valence-corrected chi connectivity index (χ4v) is 1.13. The van der Waals surface area contributed by atoms with Gasteiger partial charge in [-0.1, -0.05) is 11.6 Å². The molecule has 1 aliphatic rings. The molecular weight excluding hydrogens is 168 g/mol. The maximum atomic E-state index is 11.1. The smallest absolute Gasteiger partial charge is 0.278 e. The van der Waals surface area contributed by atoms with Crippen molar-refractivity contribution in [1.82, 2.24) is 10.2 Å². The fraction of sp³-hybridized carbons (Fsp3) is 0.333. The molecule has 0 fully saturated rings. The molecule has 1 heterocycles. The zero-order valence-electron chi connectivity index (χ0n) is 6.14. The van der Waals surface area contributed by atoms with Crippen molar-refractivity contribution in [1.29, 1.82) is 0 Å². The lowest BCUT2D eigenvalue weighted by atomic mass is 10.4. The minimum absolute atomic E-state index is 0.0417. The predicted octanol–water partition coefficient (Wildman–Crippen LogP) is -0.345. The molecule has 2 amide bonds. The van der Waals surface area contributed by atoms with E-state index in [1.807, 2.05) is 0 Å². The molecule has 0 aromatic rings. The fourth-order valence-electron chi connectivity index (χ4n) is 0.825. The van der Waals surface area contributed by atoms with E-state index in [-0.39, 0.29) is 16.6 Å². The Labute approximate surface area is 68.8 Å². The molecule has 0 saturated carbocycles. The van der Waals surface area contributed by atoms with E-state index >= 15 is 0 Å². The van der Waals surface area contributed by atoms with Crippen LogP contribution in [0.5, 0.6) is 0 Å². The number of hydrogen-bond acceptors (Lipinski definition) is 3. The first-order chi connectivity index (χ1) is 5.09. The highest BCUT2D eigenvalue weighted by atomic mass is 35.5. The average molecular weight is 175 g/mol. The Morgan fingerprint density at radius 2 is 1.91 bits per heavy atom. The van der Waals surface area contributed by atoms with Crippen LogP contribution in [0.15, 0.2) is 10.7 Å². The molecular formula is C6H7ClN2O2. The molecule has 0 saturated heterocycles. The molecule has 0 aliphatic carbocycles. The summed E-state index contributed by atoms with van der Waals surface area (Å²) in [6, 6.07) is 0. The lowest BCUT2D eigenvalue weighted by Crippen LogP contribution is -2.28. The lowest BCUT2D eigenvalue weighted by molar-refractivity contribution is -0.135. The minimum atomic E-state index is -0.457. The van der Waals surface area contributed by atoms with Crippen LogP contribution in [0.2, 0.25) is 0 Å². The Kier molecular flexibility index (Phi) is 1.87. The Morgan fingerprint density at radius 1 is 1.36 bits per heavy atom. The van der Waals surface area contributed by atoms with Crippen molar-refractivity contribution in [2.24, 2.45) is 0 Å². The quantitative estimate of drug-likeness (QED) is 0.553. The SMILES string of the molecule is CNC1=C(Cl)C(=O)N(C)C1=O. The molecule has 1 rings (SSSR count). The van der Waals surface area contributed by atoms with Gasteiger partial charge in [0, 0.05) is 14.1 Å². The number of carbonyl (C=O) groups is 2. The second-order valence-corrected chi connectivity index (χ2v) is 2.49. The van der Waals surface area contributed by atoms with Crippen LogP contribution in [0.1, 0.15) is 0 Å². The summed E-state index contributed by atoms with van der Waals surface area (Å²) in [6.45, 7) is 0. The van der Waals surface area contributed by atoms with Crippen molar-refractivity contribution in [3.05, 3.63) is 10.7 Å². The van der Waals surface area contributed by atoms with E-state index in [2.05, 4.69) is 5.32 Å². The minimum Gasteiger partial charge on any atom is -0.382 e.